The first-order valence-electron chi connectivity index (χ1n) is 15.1. The van der Waals surface area contributed by atoms with Crippen molar-refractivity contribution in [2.24, 2.45) is 0 Å². The molecule has 0 aromatic heterocycles. The van der Waals surface area contributed by atoms with Crippen molar-refractivity contribution in [3.63, 3.8) is 0 Å². The van der Waals surface area contributed by atoms with Crippen LogP contribution in [0.2, 0.25) is 5.02 Å². The summed E-state index contributed by atoms with van der Waals surface area (Å²) in [6.07, 6.45) is 11.7. The van der Waals surface area contributed by atoms with Crippen molar-refractivity contribution in [2.75, 3.05) is 11.9 Å². The number of hydrogen-bond donors (Lipinski definition) is 2. The number of imide groups is 1. The maximum absolute atomic E-state index is 13.6. The highest BCUT2D eigenvalue weighted by atomic mass is 35.5. The lowest BCUT2D eigenvalue weighted by Gasteiger charge is -2.24. The number of carbonyl (C=O) groups is 5. The Balaban J connectivity index is 1.62. The summed E-state index contributed by atoms with van der Waals surface area (Å²) in [7, 11) is 0. The van der Waals surface area contributed by atoms with E-state index in [4.69, 9.17) is 16.3 Å². The van der Waals surface area contributed by atoms with E-state index in [1.54, 1.807) is 18.2 Å². The molecule has 0 radical (unpaired) electrons. The zero-order valence-electron chi connectivity index (χ0n) is 25.2. The van der Waals surface area contributed by atoms with E-state index >= 15 is 0 Å². The second-order valence-corrected chi connectivity index (χ2v) is 11.8. The van der Waals surface area contributed by atoms with Gasteiger partial charge in [0.25, 0.3) is 11.8 Å². The highest BCUT2D eigenvalue weighted by molar-refractivity contribution is 6.34. The third-order valence-electron chi connectivity index (χ3n) is 7.40. The number of Topliss-reactive ketones (excluding diaryl/α,β-unsaturated/α-hetero) is 1. The van der Waals surface area contributed by atoms with Crippen LogP contribution in [0.25, 0.3) is 0 Å². The van der Waals surface area contributed by atoms with Crippen molar-refractivity contribution < 1.29 is 28.7 Å². The molecule has 1 saturated heterocycles. The van der Waals surface area contributed by atoms with Crippen LogP contribution < -0.4 is 10.6 Å². The minimum Gasteiger partial charge on any atom is -0.462 e. The van der Waals surface area contributed by atoms with Gasteiger partial charge in [-0.25, -0.2) is 14.5 Å². The van der Waals surface area contributed by atoms with Gasteiger partial charge in [-0.05, 0) is 38.5 Å². The Kier molecular flexibility index (Phi) is 12.7. The molecule has 1 aliphatic heterocycles. The first kappa shape index (κ1) is 33.8. The van der Waals surface area contributed by atoms with Crippen LogP contribution in [0, 0.1) is 0 Å². The number of benzene rings is 2. The van der Waals surface area contributed by atoms with Crippen LogP contribution in [0.1, 0.15) is 106 Å². The zero-order valence-corrected chi connectivity index (χ0v) is 26.0. The minimum atomic E-state index is -1.81. The molecule has 1 heterocycles. The number of nitrogens with zero attached hydrogens (tertiary/aromatic N) is 1. The summed E-state index contributed by atoms with van der Waals surface area (Å²) < 4.78 is 5.42. The number of unbranched alkanes of at least 4 members (excludes halogenated alkanes) is 9. The minimum absolute atomic E-state index is 0.0391. The second-order valence-electron chi connectivity index (χ2n) is 11.4. The molecule has 3 rings (SSSR count). The van der Waals surface area contributed by atoms with Gasteiger partial charge in [0.15, 0.2) is 11.8 Å². The lowest BCUT2D eigenvalue weighted by atomic mass is 10.00. The van der Waals surface area contributed by atoms with E-state index in [0.717, 1.165) is 19.3 Å². The first-order valence-corrected chi connectivity index (χ1v) is 15.5. The Morgan fingerprint density at radius 1 is 0.884 bits per heavy atom. The highest BCUT2D eigenvalue weighted by Crippen LogP contribution is 2.27. The molecule has 1 atom stereocenters. The van der Waals surface area contributed by atoms with Crippen LogP contribution in [0.15, 0.2) is 48.5 Å². The number of carbonyl (C=O) groups excluding carboxylic acids is 5. The van der Waals surface area contributed by atoms with E-state index in [2.05, 4.69) is 17.6 Å². The van der Waals surface area contributed by atoms with Gasteiger partial charge in [-0.3, -0.25) is 14.4 Å². The van der Waals surface area contributed by atoms with Gasteiger partial charge >= 0.3 is 12.0 Å². The van der Waals surface area contributed by atoms with Crippen LogP contribution in [-0.4, -0.2) is 52.7 Å². The molecule has 1 unspecified atom stereocenters. The molecular formula is C33H42ClN3O6. The molecule has 0 aliphatic carbocycles. The molecule has 0 saturated carbocycles. The summed E-state index contributed by atoms with van der Waals surface area (Å²) in [5.74, 6) is -3.00. The molecule has 0 bridgehead atoms. The van der Waals surface area contributed by atoms with Gasteiger partial charge in [0.1, 0.15) is 5.54 Å². The van der Waals surface area contributed by atoms with E-state index in [9.17, 15) is 24.0 Å². The van der Waals surface area contributed by atoms with Crippen LogP contribution in [0.3, 0.4) is 0 Å². The number of ether oxygens (including phenoxy) is 1. The van der Waals surface area contributed by atoms with Gasteiger partial charge < -0.3 is 15.4 Å². The van der Waals surface area contributed by atoms with Crippen LogP contribution in [0.4, 0.5) is 10.5 Å². The quantitative estimate of drug-likeness (QED) is 0.0657. The van der Waals surface area contributed by atoms with Crippen molar-refractivity contribution in [1.29, 1.82) is 0 Å². The summed E-state index contributed by atoms with van der Waals surface area (Å²) in [5.41, 5.74) is -0.961. The zero-order chi connectivity index (χ0) is 31.4. The van der Waals surface area contributed by atoms with Crippen molar-refractivity contribution >= 4 is 46.9 Å². The van der Waals surface area contributed by atoms with Crippen LogP contribution in [-0.2, 0) is 14.3 Å². The molecule has 232 valence electrons. The van der Waals surface area contributed by atoms with Crippen LogP contribution >= 0.6 is 11.6 Å². The monoisotopic (exact) mass is 611 g/mol. The normalized spacial score (nSPS) is 14.7. The summed E-state index contributed by atoms with van der Waals surface area (Å²) in [5, 5.41) is 5.14. The fourth-order valence-electron chi connectivity index (χ4n) is 4.91. The molecule has 10 heteroatoms. The van der Waals surface area contributed by atoms with E-state index in [1.807, 2.05) is 0 Å². The molecule has 43 heavy (non-hydrogen) atoms. The Morgan fingerprint density at radius 3 is 2.07 bits per heavy atom. The molecular weight excluding hydrogens is 570 g/mol. The molecule has 4 amide bonds. The van der Waals surface area contributed by atoms with Crippen molar-refractivity contribution in [3.8, 4) is 0 Å². The van der Waals surface area contributed by atoms with E-state index < -0.39 is 41.2 Å². The molecule has 1 aliphatic rings. The molecule has 1 fully saturated rings. The van der Waals surface area contributed by atoms with Crippen molar-refractivity contribution in [2.45, 2.75) is 96.6 Å². The third kappa shape index (κ3) is 9.38. The Labute approximate surface area is 258 Å². The number of halogens is 1. The number of rotatable bonds is 17. The fraction of sp³-hybridized carbons (Fsp3) is 0.485. The third-order valence-corrected chi connectivity index (χ3v) is 7.73. The van der Waals surface area contributed by atoms with E-state index in [0.29, 0.717) is 4.90 Å². The highest BCUT2D eigenvalue weighted by Gasteiger charge is 2.51. The Bertz CT molecular complexity index is 1300. The van der Waals surface area contributed by atoms with Crippen LogP contribution in [0.5, 0.6) is 0 Å². The van der Waals surface area contributed by atoms with Gasteiger partial charge in [-0.15, -0.1) is 0 Å². The molecule has 0 spiro atoms. The maximum atomic E-state index is 13.6. The van der Waals surface area contributed by atoms with E-state index in [1.165, 1.54) is 89.1 Å². The first-order chi connectivity index (χ1) is 20.6. The van der Waals surface area contributed by atoms with Crippen molar-refractivity contribution in [1.82, 2.24) is 10.2 Å². The summed E-state index contributed by atoms with van der Waals surface area (Å²) in [6.45, 7) is 5.45. The SMILES string of the molecule is CCCCCCCCCCCCOC(=O)c1ccc(Cl)c(NC(=O)C(C(=O)c2ccccc2)N2C(=O)NC(C)(C)C2=O)c1. The molecule has 9 nitrogen and oxygen atoms in total. The lowest BCUT2D eigenvalue weighted by Crippen LogP contribution is -2.53. The maximum Gasteiger partial charge on any atom is 0.338 e. The number of ketones is 1. The molecule has 2 N–H and O–H groups in total. The number of anilines is 1. The molecule has 2 aromatic rings. The number of nitrogens with one attached hydrogen (secondary N) is 2. The number of amides is 4. The number of hydrogen-bond acceptors (Lipinski definition) is 6. The number of urea groups is 1. The van der Waals surface area contributed by atoms with Crippen molar-refractivity contribution in [3.05, 3.63) is 64.7 Å². The van der Waals surface area contributed by atoms with Gasteiger partial charge in [0.2, 0.25) is 0 Å². The standard InChI is InChI=1S/C33H42ClN3O6/c1-4-5-6-7-8-9-10-11-12-16-21-43-30(40)24-19-20-25(34)26(22-24)35-29(39)27(28(38)23-17-14-13-15-18-23)37-31(41)33(2,3)36-32(37)42/h13-15,17-20,22,27H,4-12,16,21H2,1-3H3,(H,35,39)(H,36,42). The van der Waals surface area contributed by atoms with Gasteiger partial charge in [0.05, 0.1) is 22.9 Å². The molecule has 2 aromatic carbocycles. The fourth-order valence-corrected chi connectivity index (χ4v) is 5.07. The predicted octanol–water partition coefficient (Wildman–Crippen LogP) is 6.94. The van der Waals surface area contributed by atoms with Gasteiger partial charge in [-0.1, -0.05) is 107 Å². The average Bonchev–Trinajstić information content (AvgIpc) is 3.18. The van der Waals surface area contributed by atoms with Gasteiger partial charge in [-0.2, -0.15) is 0 Å². The summed E-state index contributed by atoms with van der Waals surface area (Å²) >= 11 is 6.32. The smallest absolute Gasteiger partial charge is 0.338 e. The average molecular weight is 612 g/mol. The summed E-state index contributed by atoms with van der Waals surface area (Å²) in [4.78, 5) is 66.2. The Hall–Kier alpha value is -3.72. The topological polar surface area (TPSA) is 122 Å². The summed E-state index contributed by atoms with van der Waals surface area (Å²) in [6, 6.07) is 9.48. The lowest BCUT2D eigenvalue weighted by molar-refractivity contribution is -0.134. The second kappa shape index (κ2) is 16.2. The Morgan fingerprint density at radius 2 is 1.49 bits per heavy atom. The largest absolute Gasteiger partial charge is 0.462 e. The number of esters is 1. The predicted molar refractivity (Wildman–Crippen MR) is 166 cm³/mol. The van der Waals surface area contributed by atoms with E-state index in [-0.39, 0.29) is 28.4 Å². The van der Waals surface area contributed by atoms with Gasteiger partial charge in [0, 0.05) is 5.56 Å².